The van der Waals surface area contributed by atoms with Crippen LogP contribution >= 0.6 is 0 Å². The first-order chi connectivity index (χ1) is 11.9. The third-order valence-electron chi connectivity index (χ3n) is 4.22. The fourth-order valence-corrected chi connectivity index (χ4v) is 3.27. The van der Waals surface area contributed by atoms with Crippen LogP contribution < -0.4 is 4.72 Å². The van der Waals surface area contributed by atoms with Crippen molar-refractivity contribution < 1.29 is 8.42 Å². The van der Waals surface area contributed by atoms with E-state index in [1.807, 2.05) is 12.1 Å². The molecule has 5 heteroatoms. The Kier molecular flexibility index (Phi) is 9.83. The zero-order valence-electron chi connectivity index (χ0n) is 16.2. The Bertz CT molecular complexity index is 601. The molecular weight excluding hydrogens is 332 g/mol. The van der Waals surface area contributed by atoms with Crippen molar-refractivity contribution in [2.24, 2.45) is 0 Å². The minimum atomic E-state index is -3.22. The molecule has 1 aromatic rings. The molecule has 0 saturated heterocycles. The second-order valence-electron chi connectivity index (χ2n) is 6.73. The number of sulfonamides is 1. The molecular formula is C20H34N2O2S. The summed E-state index contributed by atoms with van der Waals surface area (Å²) in [7, 11) is -3.22. The van der Waals surface area contributed by atoms with Gasteiger partial charge in [0.25, 0.3) is 0 Å². The highest BCUT2D eigenvalue weighted by Crippen LogP contribution is 2.14. The van der Waals surface area contributed by atoms with Crippen molar-refractivity contribution in [3.63, 3.8) is 0 Å². The maximum Gasteiger partial charge on any atom is 0.229 e. The fourth-order valence-electron chi connectivity index (χ4n) is 2.70. The first-order valence-corrected chi connectivity index (χ1v) is 11.2. The maximum absolute atomic E-state index is 11.2. The van der Waals surface area contributed by atoms with E-state index in [0.29, 0.717) is 11.7 Å². The van der Waals surface area contributed by atoms with Gasteiger partial charge < -0.3 is 4.90 Å². The summed E-state index contributed by atoms with van der Waals surface area (Å²) in [6, 6.07) is 7.99. The normalized spacial score (nSPS) is 13.5. The second kappa shape index (κ2) is 11.3. The summed E-state index contributed by atoms with van der Waals surface area (Å²) in [5.74, 6) is 0. The SMILES string of the molecule is CCCCN(CCCC)C(C)CC=Cc1ccc(NS(C)(=O)=O)cc1. The lowest BCUT2D eigenvalue weighted by atomic mass is 10.1. The van der Waals surface area contributed by atoms with E-state index in [9.17, 15) is 8.42 Å². The molecule has 0 fully saturated rings. The van der Waals surface area contributed by atoms with E-state index in [1.54, 1.807) is 12.1 Å². The highest BCUT2D eigenvalue weighted by molar-refractivity contribution is 7.92. The van der Waals surface area contributed by atoms with Crippen LogP contribution in [0.4, 0.5) is 5.69 Å². The van der Waals surface area contributed by atoms with Crippen molar-refractivity contribution in [2.75, 3.05) is 24.1 Å². The summed E-state index contributed by atoms with van der Waals surface area (Å²) in [6.07, 6.45) is 11.5. The van der Waals surface area contributed by atoms with Gasteiger partial charge in [0, 0.05) is 11.7 Å². The van der Waals surface area contributed by atoms with E-state index in [2.05, 4.69) is 42.5 Å². The fraction of sp³-hybridized carbons (Fsp3) is 0.600. The van der Waals surface area contributed by atoms with Gasteiger partial charge in [0.15, 0.2) is 0 Å². The van der Waals surface area contributed by atoms with Crippen molar-refractivity contribution in [1.82, 2.24) is 4.90 Å². The molecule has 25 heavy (non-hydrogen) atoms. The molecule has 0 aliphatic carbocycles. The standard InChI is InChI=1S/C20H34N2O2S/c1-5-7-16-22(17-8-6-2)18(3)10-9-11-19-12-14-20(15-13-19)21-25(4,23)24/h9,11-15,18,21H,5-8,10,16-17H2,1-4H3. The number of nitrogens with one attached hydrogen (secondary N) is 1. The molecule has 0 heterocycles. The third kappa shape index (κ3) is 9.66. The van der Waals surface area contributed by atoms with E-state index >= 15 is 0 Å². The smallest absolute Gasteiger partial charge is 0.229 e. The van der Waals surface area contributed by atoms with Crippen molar-refractivity contribution in [3.05, 3.63) is 35.9 Å². The molecule has 1 aromatic carbocycles. The maximum atomic E-state index is 11.2. The van der Waals surface area contributed by atoms with E-state index in [-0.39, 0.29) is 0 Å². The second-order valence-corrected chi connectivity index (χ2v) is 8.47. The number of hydrogen-bond donors (Lipinski definition) is 1. The van der Waals surface area contributed by atoms with E-state index in [1.165, 1.54) is 38.8 Å². The van der Waals surface area contributed by atoms with Crippen molar-refractivity contribution in [2.45, 2.75) is 58.9 Å². The molecule has 0 spiro atoms. The molecule has 0 radical (unpaired) electrons. The molecule has 4 nitrogen and oxygen atoms in total. The number of anilines is 1. The Morgan fingerprint density at radius 3 is 2.12 bits per heavy atom. The van der Waals surface area contributed by atoms with Crippen LogP contribution in [0.15, 0.2) is 30.3 Å². The zero-order chi connectivity index (χ0) is 18.7. The van der Waals surface area contributed by atoms with Gasteiger partial charge in [-0.15, -0.1) is 0 Å². The van der Waals surface area contributed by atoms with Crippen LogP contribution in [-0.2, 0) is 10.0 Å². The molecule has 0 bridgehead atoms. The van der Waals surface area contributed by atoms with Crippen molar-refractivity contribution in [3.8, 4) is 0 Å². The van der Waals surface area contributed by atoms with Crippen molar-refractivity contribution in [1.29, 1.82) is 0 Å². The van der Waals surface area contributed by atoms with Crippen LogP contribution in [0.1, 0.15) is 58.4 Å². The topological polar surface area (TPSA) is 49.4 Å². The quantitative estimate of drug-likeness (QED) is 0.580. The molecule has 0 aliphatic heterocycles. The van der Waals surface area contributed by atoms with Gasteiger partial charge in [0.1, 0.15) is 0 Å². The summed E-state index contributed by atoms with van der Waals surface area (Å²) < 4.78 is 24.9. The Hall–Kier alpha value is -1.33. The Morgan fingerprint density at radius 2 is 1.64 bits per heavy atom. The summed E-state index contributed by atoms with van der Waals surface area (Å²) in [5, 5.41) is 0. The number of nitrogens with zero attached hydrogens (tertiary/aromatic N) is 1. The van der Waals surface area contributed by atoms with Gasteiger partial charge in [-0.1, -0.05) is 51.0 Å². The Balaban J connectivity index is 2.56. The molecule has 0 aliphatic rings. The van der Waals surface area contributed by atoms with Gasteiger partial charge in [-0.05, 0) is 57.0 Å². The average molecular weight is 367 g/mol. The molecule has 1 N–H and O–H groups in total. The van der Waals surface area contributed by atoms with E-state index in [4.69, 9.17) is 0 Å². The van der Waals surface area contributed by atoms with Gasteiger partial charge in [0.05, 0.1) is 6.26 Å². The van der Waals surface area contributed by atoms with Gasteiger partial charge in [-0.25, -0.2) is 8.42 Å². The predicted molar refractivity (Wildman–Crippen MR) is 109 cm³/mol. The molecule has 1 atom stereocenters. The summed E-state index contributed by atoms with van der Waals surface area (Å²) >= 11 is 0. The first kappa shape index (κ1) is 21.7. The van der Waals surface area contributed by atoms with Gasteiger partial charge >= 0.3 is 0 Å². The summed E-state index contributed by atoms with van der Waals surface area (Å²) in [6.45, 7) is 9.14. The minimum absolute atomic E-state index is 0.542. The number of rotatable bonds is 12. The van der Waals surface area contributed by atoms with Crippen LogP contribution in [0.3, 0.4) is 0 Å². The summed E-state index contributed by atoms with van der Waals surface area (Å²) in [4.78, 5) is 2.59. The average Bonchev–Trinajstić information content (AvgIpc) is 2.55. The molecule has 1 unspecified atom stereocenters. The number of benzene rings is 1. The Morgan fingerprint density at radius 1 is 1.08 bits per heavy atom. The lowest BCUT2D eigenvalue weighted by Crippen LogP contribution is -2.34. The Labute approximate surface area is 154 Å². The number of hydrogen-bond acceptors (Lipinski definition) is 3. The lowest BCUT2D eigenvalue weighted by molar-refractivity contribution is 0.203. The van der Waals surface area contributed by atoms with Crippen LogP contribution in [0.25, 0.3) is 6.08 Å². The monoisotopic (exact) mass is 366 g/mol. The number of unbranched alkanes of at least 4 members (excludes halogenated alkanes) is 2. The van der Waals surface area contributed by atoms with Gasteiger partial charge in [-0.3, -0.25) is 4.72 Å². The molecule has 142 valence electrons. The van der Waals surface area contributed by atoms with Gasteiger partial charge in [0.2, 0.25) is 10.0 Å². The van der Waals surface area contributed by atoms with Gasteiger partial charge in [-0.2, -0.15) is 0 Å². The van der Waals surface area contributed by atoms with E-state index < -0.39 is 10.0 Å². The van der Waals surface area contributed by atoms with Crippen molar-refractivity contribution >= 4 is 21.8 Å². The molecule has 0 saturated carbocycles. The lowest BCUT2D eigenvalue weighted by Gasteiger charge is -2.28. The first-order valence-electron chi connectivity index (χ1n) is 9.34. The third-order valence-corrected chi connectivity index (χ3v) is 4.83. The van der Waals surface area contributed by atoms with E-state index in [0.717, 1.165) is 18.2 Å². The highest BCUT2D eigenvalue weighted by Gasteiger charge is 2.11. The summed E-state index contributed by atoms with van der Waals surface area (Å²) in [5.41, 5.74) is 1.68. The van der Waals surface area contributed by atoms with Crippen LogP contribution in [0, 0.1) is 0 Å². The van der Waals surface area contributed by atoms with Crippen LogP contribution in [0.5, 0.6) is 0 Å². The predicted octanol–water partition coefficient (Wildman–Crippen LogP) is 4.75. The molecule has 0 aromatic heterocycles. The largest absolute Gasteiger partial charge is 0.300 e. The van der Waals surface area contributed by atoms with Crippen LogP contribution in [-0.4, -0.2) is 38.7 Å². The minimum Gasteiger partial charge on any atom is -0.300 e. The molecule has 0 amide bonds. The van der Waals surface area contributed by atoms with Crippen LogP contribution in [0.2, 0.25) is 0 Å². The zero-order valence-corrected chi connectivity index (χ0v) is 17.0. The molecule has 1 rings (SSSR count). The highest BCUT2D eigenvalue weighted by atomic mass is 32.2.